The Kier molecular flexibility index (Phi) is 5.26. The van der Waals surface area contributed by atoms with E-state index in [-0.39, 0.29) is 5.82 Å². The van der Waals surface area contributed by atoms with E-state index in [0.29, 0.717) is 5.92 Å². The van der Waals surface area contributed by atoms with Crippen molar-refractivity contribution in [2.45, 2.75) is 19.8 Å². The maximum atomic E-state index is 13.5. The van der Waals surface area contributed by atoms with Crippen LogP contribution in [0.15, 0.2) is 22.7 Å². The van der Waals surface area contributed by atoms with Crippen LogP contribution in [-0.2, 0) is 6.42 Å². The van der Waals surface area contributed by atoms with Gasteiger partial charge in [-0.05, 0) is 49.7 Å². The monoisotopic (exact) mass is 273 g/mol. The number of rotatable bonds is 5. The first-order valence-corrected chi connectivity index (χ1v) is 6.05. The van der Waals surface area contributed by atoms with Crippen molar-refractivity contribution in [1.82, 2.24) is 5.32 Å². The summed E-state index contributed by atoms with van der Waals surface area (Å²) in [4.78, 5) is 0. The zero-order valence-electron chi connectivity index (χ0n) is 9.19. The molecule has 1 aromatic carbocycles. The highest BCUT2D eigenvalue weighted by Gasteiger charge is 2.10. The van der Waals surface area contributed by atoms with Gasteiger partial charge in [0.25, 0.3) is 0 Å². The molecule has 0 heterocycles. The van der Waals surface area contributed by atoms with E-state index in [1.807, 2.05) is 13.1 Å². The van der Waals surface area contributed by atoms with Crippen molar-refractivity contribution in [3.05, 3.63) is 34.1 Å². The minimum atomic E-state index is -0.104. The molecule has 0 aromatic heterocycles. The molecule has 1 unspecified atom stereocenters. The Morgan fingerprint density at radius 3 is 2.80 bits per heavy atom. The molecule has 84 valence electrons. The lowest BCUT2D eigenvalue weighted by Gasteiger charge is -2.14. The fourth-order valence-corrected chi connectivity index (χ4v) is 2.07. The minimum absolute atomic E-state index is 0.104. The fourth-order valence-electron chi connectivity index (χ4n) is 1.66. The molecule has 0 amide bonds. The number of hydrogen-bond donors (Lipinski definition) is 1. The van der Waals surface area contributed by atoms with E-state index >= 15 is 0 Å². The third kappa shape index (κ3) is 3.92. The van der Waals surface area contributed by atoms with Crippen LogP contribution in [-0.4, -0.2) is 13.6 Å². The first kappa shape index (κ1) is 12.7. The van der Waals surface area contributed by atoms with Crippen LogP contribution in [0.25, 0.3) is 0 Å². The van der Waals surface area contributed by atoms with Crippen LogP contribution in [0.5, 0.6) is 0 Å². The third-order valence-electron chi connectivity index (χ3n) is 2.59. The van der Waals surface area contributed by atoms with Gasteiger partial charge >= 0.3 is 0 Å². The van der Waals surface area contributed by atoms with Crippen LogP contribution < -0.4 is 5.32 Å². The molecule has 1 aromatic rings. The summed E-state index contributed by atoms with van der Waals surface area (Å²) in [5.74, 6) is 0.395. The highest BCUT2D eigenvalue weighted by atomic mass is 79.9. The van der Waals surface area contributed by atoms with Gasteiger partial charge in [-0.25, -0.2) is 4.39 Å². The van der Waals surface area contributed by atoms with Crippen LogP contribution in [0.2, 0.25) is 0 Å². The zero-order valence-corrected chi connectivity index (χ0v) is 10.8. The highest BCUT2D eigenvalue weighted by Crippen LogP contribution is 2.19. The summed E-state index contributed by atoms with van der Waals surface area (Å²) in [7, 11) is 1.93. The molecule has 1 rings (SSSR count). The predicted molar refractivity (Wildman–Crippen MR) is 65.5 cm³/mol. The number of halogens is 2. The zero-order chi connectivity index (χ0) is 11.3. The molecule has 1 atom stereocenters. The molecule has 15 heavy (non-hydrogen) atoms. The molecule has 0 aliphatic heterocycles. The second-order valence-electron chi connectivity index (χ2n) is 3.77. The lowest BCUT2D eigenvalue weighted by molar-refractivity contribution is 0.469. The van der Waals surface area contributed by atoms with Gasteiger partial charge in [-0.1, -0.05) is 29.3 Å². The van der Waals surface area contributed by atoms with Crippen molar-refractivity contribution >= 4 is 15.9 Å². The summed E-state index contributed by atoms with van der Waals surface area (Å²) < 4.78 is 14.4. The second kappa shape index (κ2) is 6.23. The largest absolute Gasteiger partial charge is 0.319 e. The summed E-state index contributed by atoms with van der Waals surface area (Å²) in [6.07, 6.45) is 1.86. The normalized spacial score (nSPS) is 12.8. The van der Waals surface area contributed by atoms with Crippen LogP contribution in [0.3, 0.4) is 0 Å². The Bertz CT molecular complexity index is 314. The lowest BCUT2D eigenvalue weighted by Crippen LogP contribution is -2.20. The van der Waals surface area contributed by atoms with Crippen LogP contribution in [0, 0.1) is 11.7 Å². The van der Waals surface area contributed by atoms with E-state index in [1.54, 1.807) is 6.07 Å². The molecule has 3 heteroatoms. The van der Waals surface area contributed by atoms with Crippen molar-refractivity contribution in [1.29, 1.82) is 0 Å². The van der Waals surface area contributed by atoms with Gasteiger partial charge < -0.3 is 5.32 Å². The van der Waals surface area contributed by atoms with Gasteiger partial charge in [-0.2, -0.15) is 0 Å². The van der Waals surface area contributed by atoms with Crippen molar-refractivity contribution in [2.75, 3.05) is 13.6 Å². The van der Waals surface area contributed by atoms with Gasteiger partial charge in [-0.15, -0.1) is 0 Å². The molecule has 1 N–H and O–H groups in total. The standard InChI is InChI=1S/C12H17BrFN/c1-3-9(8-15-2)6-10-7-11(13)4-5-12(10)14/h4-5,7,9,15H,3,6,8H2,1-2H3. The topological polar surface area (TPSA) is 12.0 Å². The number of hydrogen-bond acceptors (Lipinski definition) is 1. The van der Waals surface area contributed by atoms with Crippen LogP contribution in [0.1, 0.15) is 18.9 Å². The van der Waals surface area contributed by atoms with E-state index in [1.165, 1.54) is 6.07 Å². The molecule has 0 bridgehead atoms. The summed E-state index contributed by atoms with van der Waals surface area (Å²) in [5, 5.41) is 3.14. The van der Waals surface area contributed by atoms with E-state index in [0.717, 1.165) is 29.4 Å². The average molecular weight is 274 g/mol. The van der Waals surface area contributed by atoms with Crippen molar-refractivity contribution in [3.63, 3.8) is 0 Å². The number of benzene rings is 1. The SMILES string of the molecule is CCC(CNC)Cc1cc(Br)ccc1F. The lowest BCUT2D eigenvalue weighted by atomic mass is 9.96. The van der Waals surface area contributed by atoms with Gasteiger partial charge in [0.1, 0.15) is 5.82 Å². The smallest absolute Gasteiger partial charge is 0.126 e. The summed E-state index contributed by atoms with van der Waals surface area (Å²) >= 11 is 3.36. The molecule has 0 radical (unpaired) electrons. The van der Waals surface area contributed by atoms with Gasteiger partial charge in [0.05, 0.1) is 0 Å². The van der Waals surface area contributed by atoms with Crippen molar-refractivity contribution < 1.29 is 4.39 Å². The fraction of sp³-hybridized carbons (Fsp3) is 0.500. The maximum absolute atomic E-state index is 13.5. The summed E-state index contributed by atoms with van der Waals surface area (Å²) in [6, 6.07) is 5.12. The molecular formula is C12H17BrFN. The van der Waals surface area contributed by atoms with Crippen molar-refractivity contribution in [2.24, 2.45) is 5.92 Å². The van der Waals surface area contributed by atoms with Crippen molar-refractivity contribution in [3.8, 4) is 0 Å². The van der Waals surface area contributed by atoms with Gasteiger partial charge in [0, 0.05) is 4.47 Å². The Morgan fingerprint density at radius 1 is 1.47 bits per heavy atom. The molecule has 0 saturated heterocycles. The first-order chi connectivity index (χ1) is 7.17. The predicted octanol–water partition coefficient (Wildman–Crippen LogP) is 3.38. The van der Waals surface area contributed by atoms with E-state index < -0.39 is 0 Å². The Hall–Kier alpha value is -0.410. The third-order valence-corrected chi connectivity index (χ3v) is 3.08. The maximum Gasteiger partial charge on any atom is 0.126 e. The summed E-state index contributed by atoms with van der Waals surface area (Å²) in [6.45, 7) is 3.07. The summed E-state index contributed by atoms with van der Waals surface area (Å²) in [5.41, 5.74) is 0.798. The van der Waals surface area contributed by atoms with Gasteiger partial charge in [0.15, 0.2) is 0 Å². The molecule has 0 aliphatic carbocycles. The number of nitrogens with one attached hydrogen (secondary N) is 1. The molecule has 0 fully saturated rings. The molecule has 0 spiro atoms. The van der Waals surface area contributed by atoms with E-state index in [4.69, 9.17) is 0 Å². The average Bonchev–Trinajstić information content (AvgIpc) is 2.22. The molecule has 0 aliphatic rings. The molecule has 1 nitrogen and oxygen atoms in total. The second-order valence-corrected chi connectivity index (χ2v) is 4.69. The van der Waals surface area contributed by atoms with E-state index in [9.17, 15) is 4.39 Å². The Balaban J connectivity index is 2.73. The minimum Gasteiger partial charge on any atom is -0.319 e. The quantitative estimate of drug-likeness (QED) is 0.868. The Morgan fingerprint density at radius 2 is 2.20 bits per heavy atom. The van der Waals surface area contributed by atoms with Gasteiger partial charge in [0.2, 0.25) is 0 Å². The molecular weight excluding hydrogens is 257 g/mol. The Labute approximate surface area is 99.2 Å². The van der Waals surface area contributed by atoms with E-state index in [2.05, 4.69) is 28.2 Å². The van der Waals surface area contributed by atoms with Gasteiger partial charge in [-0.3, -0.25) is 0 Å². The van der Waals surface area contributed by atoms with Crippen LogP contribution in [0.4, 0.5) is 4.39 Å². The van der Waals surface area contributed by atoms with Crippen LogP contribution >= 0.6 is 15.9 Å². The first-order valence-electron chi connectivity index (χ1n) is 5.25. The highest BCUT2D eigenvalue weighted by molar-refractivity contribution is 9.10. The molecule has 0 saturated carbocycles.